The van der Waals surface area contributed by atoms with Gasteiger partial charge < -0.3 is 5.11 Å². The van der Waals surface area contributed by atoms with Gasteiger partial charge in [-0.2, -0.15) is 11.8 Å². The van der Waals surface area contributed by atoms with Crippen molar-refractivity contribution in [1.29, 1.82) is 0 Å². The lowest BCUT2D eigenvalue weighted by Gasteiger charge is -2.27. The normalized spacial score (nSPS) is 12.5. The highest BCUT2D eigenvalue weighted by Crippen LogP contribution is 2.05. The third-order valence-electron chi connectivity index (χ3n) is 1.67. The van der Waals surface area contributed by atoms with Gasteiger partial charge in [0.15, 0.2) is 0 Å². The first-order valence-corrected chi connectivity index (χ1v) is 5.82. The summed E-state index contributed by atoms with van der Waals surface area (Å²) in [6.45, 7) is 8.70. The molecule has 0 amide bonds. The zero-order chi connectivity index (χ0) is 9.61. The maximum Gasteiger partial charge on any atom is 0.0718 e. The Kier molecular flexibility index (Phi) is 5.97. The molecule has 0 saturated heterocycles. The van der Waals surface area contributed by atoms with Crippen molar-refractivity contribution in [2.24, 2.45) is 0 Å². The molecule has 0 fully saturated rings. The Bertz CT molecular complexity index is 112. The van der Waals surface area contributed by atoms with Crippen LogP contribution in [0.25, 0.3) is 0 Å². The fourth-order valence-corrected chi connectivity index (χ4v) is 1.56. The standard InChI is InChI=1S/C9H21NOS/c1-5-10(6-7-12-4)8-9(2,3)11/h11H,5-8H2,1-4H3. The largest absolute Gasteiger partial charge is 0.389 e. The summed E-state index contributed by atoms with van der Waals surface area (Å²) in [7, 11) is 0. The van der Waals surface area contributed by atoms with E-state index in [4.69, 9.17) is 0 Å². The van der Waals surface area contributed by atoms with Gasteiger partial charge >= 0.3 is 0 Å². The molecular formula is C9H21NOS. The van der Waals surface area contributed by atoms with Crippen molar-refractivity contribution in [2.45, 2.75) is 26.4 Å². The molecule has 0 unspecified atom stereocenters. The summed E-state index contributed by atoms with van der Waals surface area (Å²) in [5, 5.41) is 9.57. The molecule has 3 heteroatoms. The fourth-order valence-electron chi connectivity index (χ4n) is 1.12. The number of thioether (sulfide) groups is 1. The molecule has 0 bridgehead atoms. The number of likely N-dealkylation sites (N-methyl/N-ethyl adjacent to an activating group) is 1. The highest BCUT2D eigenvalue weighted by atomic mass is 32.2. The smallest absolute Gasteiger partial charge is 0.0718 e. The number of rotatable bonds is 6. The third kappa shape index (κ3) is 6.95. The zero-order valence-electron chi connectivity index (χ0n) is 8.63. The van der Waals surface area contributed by atoms with E-state index in [-0.39, 0.29) is 0 Å². The Labute approximate surface area is 80.3 Å². The van der Waals surface area contributed by atoms with E-state index in [9.17, 15) is 5.11 Å². The molecule has 2 nitrogen and oxygen atoms in total. The molecule has 0 heterocycles. The molecule has 74 valence electrons. The predicted octanol–water partition coefficient (Wildman–Crippen LogP) is 1.44. The van der Waals surface area contributed by atoms with Crippen molar-refractivity contribution in [2.75, 3.05) is 31.6 Å². The van der Waals surface area contributed by atoms with Crippen molar-refractivity contribution in [3.05, 3.63) is 0 Å². The molecule has 0 saturated carbocycles. The molecule has 0 aromatic rings. The first kappa shape index (κ1) is 12.3. The molecule has 0 rings (SSSR count). The summed E-state index contributed by atoms with van der Waals surface area (Å²) in [4.78, 5) is 2.27. The predicted molar refractivity (Wildman–Crippen MR) is 56.8 cm³/mol. The van der Waals surface area contributed by atoms with Crippen LogP contribution in [0.15, 0.2) is 0 Å². The molecule has 0 aliphatic heterocycles. The summed E-state index contributed by atoms with van der Waals surface area (Å²) in [5.41, 5.74) is -0.561. The van der Waals surface area contributed by atoms with Crippen LogP contribution in [0.4, 0.5) is 0 Å². The summed E-state index contributed by atoms with van der Waals surface area (Å²) >= 11 is 1.85. The Balaban J connectivity index is 3.67. The van der Waals surface area contributed by atoms with E-state index < -0.39 is 5.60 Å². The van der Waals surface area contributed by atoms with Crippen LogP contribution >= 0.6 is 11.8 Å². The Morgan fingerprint density at radius 1 is 1.42 bits per heavy atom. The van der Waals surface area contributed by atoms with Gasteiger partial charge in [-0.15, -0.1) is 0 Å². The van der Waals surface area contributed by atoms with Gasteiger partial charge in [0.05, 0.1) is 5.60 Å². The van der Waals surface area contributed by atoms with Gasteiger partial charge in [-0.25, -0.2) is 0 Å². The van der Waals surface area contributed by atoms with Gasteiger partial charge in [0.2, 0.25) is 0 Å². The summed E-state index contributed by atoms with van der Waals surface area (Å²) in [6.07, 6.45) is 2.11. The second-order valence-electron chi connectivity index (χ2n) is 3.67. The number of aliphatic hydroxyl groups is 1. The maximum absolute atomic E-state index is 9.57. The first-order chi connectivity index (χ1) is 5.49. The number of hydrogen-bond acceptors (Lipinski definition) is 3. The van der Waals surface area contributed by atoms with Crippen molar-refractivity contribution in [1.82, 2.24) is 4.90 Å². The molecular weight excluding hydrogens is 170 g/mol. The van der Waals surface area contributed by atoms with E-state index in [1.54, 1.807) is 0 Å². The van der Waals surface area contributed by atoms with E-state index in [0.717, 1.165) is 25.4 Å². The third-order valence-corrected chi connectivity index (χ3v) is 2.26. The molecule has 0 aliphatic carbocycles. The minimum absolute atomic E-state index is 0.561. The minimum Gasteiger partial charge on any atom is -0.389 e. The molecule has 0 atom stereocenters. The number of nitrogens with zero attached hydrogens (tertiary/aromatic N) is 1. The van der Waals surface area contributed by atoms with Crippen molar-refractivity contribution in [3.8, 4) is 0 Å². The lowest BCUT2D eigenvalue weighted by atomic mass is 10.1. The van der Waals surface area contributed by atoms with Crippen LogP contribution in [-0.2, 0) is 0 Å². The van der Waals surface area contributed by atoms with Crippen LogP contribution in [0, 0.1) is 0 Å². The quantitative estimate of drug-likeness (QED) is 0.687. The average Bonchev–Trinajstić information content (AvgIpc) is 1.95. The van der Waals surface area contributed by atoms with Gasteiger partial charge in [-0.1, -0.05) is 6.92 Å². The van der Waals surface area contributed by atoms with Gasteiger partial charge in [-0.3, -0.25) is 4.90 Å². The van der Waals surface area contributed by atoms with E-state index in [1.807, 2.05) is 25.6 Å². The van der Waals surface area contributed by atoms with Crippen molar-refractivity contribution < 1.29 is 5.11 Å². The lowest BCUT2D eigenvalue weighted by molar-refractivity contribution is 0.0400. The van der Waals surface area contributed by atoms with Crippen molar-refractivity contribution in [3.63, 3.8) is 0 Å². The van der Waals surface area contributed by atoms with Gasteiger partial charge in [0.25, 0.3) is 0 Å². The van der Waals surface area contributed by atoms with Crippen LogP contribution in [0.1, 0.15) is 20.8 Å². The zero-order valence-corrected chi connectivity index (χ0v) is 9.45. The average molecular weight is 191 g/mol. The van der Waals surface area contributed by atoms with E-state index >= 15 is 0 Å². The summed E-state index contributed by atoms with van der Waals surface area (Å²) < 4.78 is 0. The molecule has 0 spiro atoms. The highest BCUT2D eigenvalue weighted by molar-refractivity contribution is 7.98. The molecule has 0 aromatic heterocycles. The highest BCUT2D eigenvalue weighted by Gasteiger charge is 2.16. The summed E-state index contributed by atoms with van der Waals surface area (Å²) in [6, 6.07) is 0. The van der Waals surface area contributed by atoms with Gasteiger partial charge in [0, 0.05) is 18.8 Å². The fraction of sp³-hybridized carbons (Fsp3) is 1.00. The summed E-state index contributed by atoms with van der Waals surface area (Å²) in [5.74, 6) is 1.14. The van der Waals surface area contributed by atoms with Crippen LogP contribution in [0.2, 0.25) is 0 Å². The van der Waals surface area contributed by atoms with Crippen LogP contribution in [0.3, 0.4) is 0 Å². The SMILES string of the molecule is CCN(CCSC)CC(C)(C)O. The Morgan fingerprint density at radius 2 is 2.00 bits per heavy atom. The van der Waals surface area contributed by atoms with Gasteiger partial charge in [0.1, 0.15) is 0 Å². The van der Waals surface area contributed by atoms with Crippen LogP contribution in [0.5, 0.6) is 0 Å². The first-order valence-electron chi connectivity index (χ1n) is 4.43. The number of hydrogen-bond donors (Lipinski definition) is 1. The van der Waals surface area contributed by atoms with Crippen LogP contribution < -0.4 is 0 Å². The van der Waals surface area contributed by atoms with E-state index in [0.29, 0.717) is 0 Å². The second kappa shape index (κ2) is 5.84. The van der Waals surface area contributed by atoms with E-state index in [2.05, 4.69) is 18.1 Å². The monoisotopic (exact) mass is 191 g/mol. The minimum atomic E-state index is -0.561. The van der Waals surface area contributed by atoms with Gasteiger partial charge in [-0.05, 0) is 26.6 Å². The topological polar surface area (TPSA) is 23.5 Å². The van der Waals surface area contributed by atoms with E-state index in [1.165, 1.54) is 0 Å². The maximum atomic E-state index is 9.57. The molecule has 0 radical (unpaired) electrons. The van der Waals surface area contributed by atoms with Crippen molar-refractivity contribution >= 4 is 11.8 Å². The molecule has 0 aromatic carbocycles. The lowest BCUT2D eigenvalue weighted by Crippen LogP contribution is -2.39. The second-order valence-corrected chi connectivity index (χ2v) is 4.66. The Hall–Kier alpha value is 0.270. The molecule has 0 aliphatic rings. The van der Waals surface area contributed by atoms with Crippen LogP contribution in [-0.4, -0.2) is 47.3 Å². The Morgan fingerprint density at radius 3 is 2.33 bits per heavy atom. The molecule has 12 heavy (non-hydrogen) atoms. The molecule has 1 N–H and O–H groups in total.